The topological polar surface area (TPSA) is 69.6 Å². The number of hydrogen-bond donors (Lipinski definition) is 2. The molecule has 0 aliphatic rings. The van der Waals surface area contributed by atoms with Crippen LogP contribution in [0.2, 0.25) is 0 Å². The lowest BCUT2D eigenvalue weighted by atomic mass is 10.1. The first kappa shape index (κ1) is 16.0. The SMILES string of the molecule is CCCC[C@H](NC(=O)N(C)Cc1ccccc1)C(=O)O. The average Bonchev–Trinajstić information content (AvgIpc) is 2.43. The van der Waals surface area contributed by atoms with Gasteiger partial charge in [0, 0.05) is 13.6 Å². The van der Waals surface area contributed by atoms with Crippen LogP contribution in [0.3, 0.4) is 0 Å². The van der Waals surface area contributed by atoms with Gasteiger partial charge in [-0.1, -0.05) is 50.1 Å². The molecule has 1 aromatic carbocycles. The molecule has 0 radical (unpaired) electrons. The fraction of sp³-hybridized carbons (Fsp3) is 0.467. The Kier molecular flexibility index (Phi) is 6.56. The molecule has 0 aliphatic carbocycles. The Bertz CT molecular complexity index is 434. The van der Waals surface area contributed by atoms with E-state index in [0.29, 0.717) is 13.0 Å². The van der Waals surface area contributed by atoms with E-state index in [9.17, 15) is 9.59 Å². The third-order valence-electron chi connectivity index (χ3n) is 3.05. The lowest BCUT2D eigenvalue weighted by molar-refractivity contribution is -0.139. The van der Waals surface area contributed by atoms with Gasteiger partial charge in [0.15, 0.2) is 0 Å². The zero-order chi connectivity index (χ0) is 15.0. The number of carboxylic acids is 1. The standard InChI is InChI=1S/C15H22N2O3/c1-3-4-10-13(14(18)19)16-15(20)17(2)11-12-8-6-5-7-9-12/h5-9,13H,3-4,10-11H2,1-2H3,(H,16,20)(H,18,19)/t13-/m0/s1. The number of rotatable bonds is 7. The Labute approximate surface area is 119 Å². The number of carboxylic acid groups (broad SMARTS) is 1. The summed E-state index contributed by atoms with van der Waals surface area (Å²) in [6.07, 6.45) is 2.13. The first-order valence-corrected chi connectivity index (χ1v) is 6.83. The van der Waals surface area contributed by atoms with Crippen molar-refractivity contribution in [3.8, 4) is 0 Å². The molecule has 0 heterocycles. The molecule has 2 N–H and O–H groups in total. The van der Waals surface area contributed by atoms with Gasteiger partial charge in [-0.05, 0) is 12.0 Å². The third-order valence-corrected chi connectivity index (χ3v) is 3.05. The van der Waals surface area contributed by atoms with Crippen molar-refractivity contribution in [2.45, 2.75) is 38.8 Å². The Hall–Kier alpha value is -2.04. The van der Waals surface area contributed by atoms with E-state index < -0.39 is 12.0 Å². The molecule has 0 saturated carbocycles. The van der Waals surface area contributed by atoms with Gasteiger partial charge >= 0.3 is 12.0 Å². The Morgan fingerprint density at radius 2 is 1.95 bits per heavy atom. The van der Waals surface area contributed by atoms with Crippen molar-refractivity contribution in [3.05, 3.63) is 35.9 Å². The maximum Gasteiger partial charge on any atom is 0.326 e. The molecule has 0 saturated heterocycles. The van der Waals surface area contributed by atoms with Crippen LogP contribution >= 0.6 is 0 Å². The lowest BCUT2D eigenvalue weighted by Crippen LogP contribution is -2.46. The van der Waals surface area contributed by atoms with Crippen LogP contribution in [0.1, 0.15) is 31.7 Å². The van der Waals surface area contributed by atoms with Crippen molar-refractivity contribution < 1.29 is 14.7 Å². The molecule has 0 bridgehead atoms. The highest BCUT2D eigenvalue weighted by Crippen LogP contribution is 2.05. The minimum Gasteiger partial charge on any atom is -0.480 e. The summed E-state index contributed by atoms with van der Waals surface area (Å²) in [6, 6.07) is 8.39. The van der Waals surface area contributed by atoms with Crippen LogP contribution in [0.15, 0.2) is 30.3 Å². The van der Waals surface area contributed by atoms with E-state index in [1.165, 1.54) is 4.90 Å². The number of urea groups is 1. The van der Waals surface area contributed by atoms with Gasteiger partial charge in [-0.15, -0.1) is 0 Å². The van der Waals surface area contributed by atoms with Crippen LogP contribution in [0, 0.1) is 0 Å². The Morgan fingerprint density at radius 3 is 2.50 bits per heavy atom. The number of hydrogen-bond acceptors (Lipinski definition) is 2. The van der Waals surface area contributed by atoms with Crippen molar-refractivity contribution in [1.29, 1.82) is 0 Å². The molecular weight excluding hydrogens is 256 g/mol. The summed E-state index contributed by atoms with van der Waals surface area (Å²) in [4.78, 5) is 24.5. The Morgan fingerprint density at radius 1 is 1.30 bits per heavy atom. The number of nitrogens with zero attached hydrogens (tertiary/aromatic N) is 1. The first-order valence-electron chi connectivity index (χ1n) is 6.83. The number of carbonyl (C=O) groups is 2. The second-order valence-corrected chi connectivity index (χ2v) is 4.82. The van der Waals surface area contributed by atoms with E-state index in [4.69, 9.17) is 5.11 Å². The molecule has 5 heteroatoms. The van der Waals surface area contributed by atoms with Crippen molar-refractivity contribution in [3.63, 3.8) is 0 Å². The van der Waals surface area contributed by atoms with Gasteiger partial charge in [0.05, 0.1) is 0 Å². The summed E-state index contributed by atoms with van der Waals surface area (Å²) in [5.41, 5.74) is 1.01. The molecule has 0 unspecified atom stereocenters. The number of amides is 2. The summed E-state index contributed by atoms with van der Waals surface area (Å²) in [7, 11) is 1.65. The fourth-order valence-corrected chi connectivity index (χ4v) is 1.85. The predicted octanol–water partition coefficient (Wildman–Crippen LogP) is 2.47. The van der Waals surface area contributed by atoms with Crippen LogP contribution in [-0.4, -0.2) is 35.1 Å². The number of aliphatic carboxylic acids is 1. The highest BCUT2D eigenvalue weighted by Gasteiger charge is 2.21. The van der Waals surface area contributed by atoms with Gasteiger partial charge in [0.25, 0.3) is 0 Å². The van der Waals surface area contributed by atoms with Crippen LogP contribution in [-0.2, 0) is 11.3 Å². The smallest absolute Gasteiger partial charge is 0.326 e. The van der Waals surface area contributed by atoms with Gasteiger partial charge in [-0.25, -0.2) is 9.59 Å². The summed E-state index contributed by atoms with van der Waals surface area (Å²) < 4.78 is 0. The molecule has 1 rings (SSSR count). The van der Waals surface area contributed by atoms with Crippen LogP contribution in [0.5, 0.6) is 0 Å². The normalized spacial score (nSPS) is 11.7. The summed E-state index contributed by atoms with van der Waals surface area (Å²) in [5, 5.41) is 11.6. The maximum absolute atomic E-state index is 12.0. The van der Waals surface area contributed by atoms with Gasteiger partial charge in [-0.3, -0.25) is 0 Å². The van der Waals surface area contributed by atoms with E-state index in [2.05, 4.69) is 5.32 Å². The van der Waals surface area contributed by atoms with Crippen molar-refractivity contribution >= 4 is 12.0 Å². The highest BCUT2D eigenvalue weighted by molar-refractivity contribution is 5.82. The van der Waals surface area contributed by atoms with Crippen LogP contribution in [0.4, 0.5) is 4.79 Å². The quantitative estimate of drug-likeness (QED) is 0.805. The van der Waals surface area contributed by atoms with E-state index >= 15 is 0 Å². The average molecular weight is 278 g/mol. The Balaban J connectivity index is 2.53. The molecule has 0 aromatic heterocycles. The number of unbranched alkanes of at least 4 members (excludes halogenated alkanes) is 1. The van der Waals surface area contributed by atoms with E-state index in [-0.39, 0.29) is 6.03 Å². The van der Waals surface area contributed by atoms with Crippen LogP contribution in [0.25, 0.3) is 0 Å². The van der Waals surface area contributed by atoms with E-state index in [0.717, 1.165) is 18.4 Å². The second-order valence-electron chi connectivity index (χ2n) is 4.82. The summed E-state index contributed by atoms with van der Waals surface area (Å²) >= 11 is 0. The second kappa shape index (κ2) is 8.19. The number of benzene rings is 1. The number of carbonyl (C=O) groups excluding carboxylic acids is 1. The molecule has 0 aliphatic heterocycles. The van der Waals surface area contributed by atoms with Crippen molar-refractivity contribution in [2.75, 3.05) is 7.05 Å². The summed E-state index contributed by atoms with van der Waals surface area (Å²) in [6.45, 7) is 2.44. The van der Waals surface area contributed by atoms with E-state index in [1.807, 2.05) is 37.3 Å². The third kappa shape index (κ3) is 5.30. The molecule has 1 aromatic rings. The minimum atomic E-state index is -0.986. The molecule has 0 fully saturated rings. The molecule has 2 amide bonds. The van der Waals surface area contributed by atoms with Crippen molar-refractivity contribution in [2.24, 2.45) is 0 Å². The monoisotopic (exact) mass is 278 g/mol. The van der Waals surface area contributed by atoms with E-state index in [1.54, 1.807) is 7.05 Å². The van der Waals surface area contributed by atoms with Gasteiger partial charge in [-0.2, -0.15) is 0 Å². The van der Waals surface area contributed by atoms with Crippen molar-refractivity contribution in [1.82, 2.24) is 10.2 Å². The molecule has 5 nitrogen and oxygen atoms in total. The minimum absolute atomic E-state index is 0.364. The molecular formula is C15H22N2O3. The largest absolute Gasteiger partial charge is 0.480 e. The predicted molar refractivity (Wildman–Crippen MR) is 77.4 cm³/mol. The number of nitrogens with one attached hydrogen (secondary N) is 1. The maximum atomic E-state index is 12.0. The zero-order valence-electron chi connectivity index (χ0n) is 12.0. The highest BCUT2D eigenvalue weighted by atomic mass is 16.4. The lowest BCUT2D eigenvalue weighted by Gasteiger charge is -2.21. The van der Waals surface area contributed by atoms with Gasteiger partial charge in [0.1, 0.15) is 6.04 Å². The van der Waals surface area contributed by atoms with Gasteiger partial charge < -0.3 is 15.3 Å². The molecule has 1 atom stereocenters. The molecule has 20 heavy (non-hydrogen) atoms. The zero-order valence-corrected chi connectivity index (χ0v) is 12.0. The summed E-state index contributed by atoms with van der Waals surface area (Å²) in [5.74, 6) is -0.986. The fourth-order valence-electron chi connectivity index (χ4n) is 1.85. The van der Waals surface area contributed by atoms with Gasteiger partial charge in [0.2, 0.25) is 0 Å². The van der Waals surface area contributed by atoms with Crippen LogP contribution < -0.4 is 5.32 Å². The molecule has 110 valence electrons. The first-order chi connectivity index (χ1) is 9.54. The molecule has 0 spiro atoms.